The van der Waals surface area contributed by atoms with Crippen molar-refractivity contribution in [2.24, 2.45) is 0 Å². The van der Waals surface area contributed by atoms with E-state index in [2.05, 4.69) is 15.4 Å². The number of anilines is 1. The molecule has 7 nitrogen and oxygen atoms in total. The lowest BCUT2D eigenvalue weighted by Crippen LogP contribution is -2.57. The standard InChI is InChI=1S/C15H15F2N3O2S.C9H9F3O2/c16-11-3-9(20-5-8(6-20)18-7-23)4-12(17)14(11)10-1-2-13(21)19-15(10)22;1-13-6-7-2-4-8(5-3-7)14-9(10,11)12/h3-4,7-8,10H,1-2,5-6H2,(H,18,23)(H,19,21,22);2-5H,6H2,1H3. The van der Waals surface area contributed by atoms with Crippen molar-refractivity contribution in [3.05, 3.63) is 59.2 Å². The van der Waals surface area contributed by atoms with E-state index in [0.717, 1.165) is 5.56 Å². The minimum atomic E-state index is -4.64. The van der Waals surface area contributed by atoms with Crippen LogP contribution in [0.25, 0.3) is 0 Å². The third-order valence-electron chi connectivity index (χ3n) is 5.67. The van der Waals surface area contributed by atoms with E-state index in [4.69, 9.17) is 17.0 Å². The fourth-order valence-corrected chi connectivity index (χ4v) is 4.09. The van der Waals surface area contributed by atoms with Crippen LogP contribution in [-0.2, 0) is 20.9 Å². The van der Waals surface area contributed by atoms with Crippen LogP contribution in [0.4, 0.5) is 27.6 Å². The first-order chi connectivity index (χ1) is 17.5. The summed E-state index contributed by atoms with van der Waals surface area (Å²) in [7, 11) is 1.51. The maximum atomic E-state index is 14.4. The van der Waals surface area contributed by atoms with Gasteiger partial charge in [0, 0.05) is 37.9 Å². The van der Waals surface area contributed by atoms with Gasteiger partial charge in [0.15, 0.2) is 0 Å². The highest BCUT2D eigenvalue weighted by atomic mass is 32.1. The quantitative estimate of drug-likeness (QED) is 0.310. The molecule has 2 aliphatic rings. The lowest BCUT2D eigenvalue weighted by Gasteiger charge is -2.41. The van der Waals surface area contributed by atoms with E-state index in [-0.39, 0.29) is 30.2 Å². The van der Waals surface area contributed by atoms with Gasteiger partial charge in [0.05, 0.1) is 24.1 Å². The van der Waals surface area contributed by atoms with E-state index in [1.54, 1.807) is 0 Å². The maximum absolute atomic E-state index is 14.4. The Hall–Kier alpha value is -3.32. The van der Waals surface area contributed by atoms with Crippen LogP contribution in [0.1, 0.15) is 29.9 Å². The van der Waals surface area contributed by atoms with Gasteiger partial charge in [0.1, 0.15) is 17.4 Å². The zero-order valence-corrected chi connectivity index (χ0v) is 20.4. The molecule has 2 saturated heterocycles. The zero-order valence-electron chi connectivity index (χ0n) is 19.6. The second kappa shape index (κ2) is 12.3. The van der Waals surface area contributed by atoms with Crippen molar-refractivity contribution in [1.29, 1.82) is 0 Å². The Kier molecular flexibility index (Phi) is 9.38. The van der Waals surface area contributed by atoms with Crippen LogP contribution in [0, 0.1) is 11.6 Å². The van der Waals surface area contributed by atoms with Gasteiger partial charge in [0.2, 0.25) is 11.8 Å². The number of piperidine rings is 1. The minimum absolute atomic E-state index is 0.0775. The van der Waals surface area contributed by atoms with Crippen molar-refractivity contribution in [2.75, 3.05) is 25.1 Å². The molecule has 2 aromatic carbocycles. The highest BCUT2D eigenvalue weighted by Gasteiger charge is 2.34. The normalized spacial score (nSPS) is 17.8. The number of nitrogens with zero attached hydrogens (tertiary/aromatic N) is 1. The number of methoxy groups -OCH3 is 1. The van der Waals surface area contributed by atoms with Crippen LogP contribution in [0.3, 0.4) is 0 Å². The fraction of sp³-hybridized carbons (Fsp3) is 0.375. The molecular weight excluding hydrogens is 521 g/mol. The molecule has 2 amide bonds. The monoisotopic (exact) mass is 545 g/mol. The lowest BCUT2D eigenvalue weighted by atomic mass is 9.89. The number of nitrogens with one attached hydrogen (secondary N) is 2. The number of ether oxygens (including phenoxy) is 2. The van der Waals surface area contributed by atoms with Gasteiger partial charge in [0.25, 0.3) is 0 Å². The molecular formula is C24H24F5N3O4S. The number of hydrogen-bond acceptors (Lipinski definition) is 6. The molecule has 13 heteroatoms. The largest absolute Gasteiger partial charge is 0.573 e. The Morgan fingerprint density at radius 1 is 1.14 bits per heavy atom. The van der Waals surface area contributed by atoms with Crippen LogP contribution in [-0.4, -0.2) is 49.9 Å². The van der Waals surface area contributed by atoms with Crippen molar-refractivity contribution in [2.45, 2.75) is 37.8 Å². The lowest BCUT2D eigenvalue weighted by molar-refractivity contribution is -0.274. The number of amides is 2. The van der Waals surface area contributed by atoms with E-state index in [1.165, 1.54) is 49.0 Å². The molecule has 0 spiro atoms. The van der Waals surface area contributed by atoms with Crippen LogP contribution in [0.2, 0.25) is 0 Å². The SMILES string of the molecule is COCc1ccc(OC(F)(F)F)cc1.O=C1CCC(c2c(F)cc(N3CC(NC=S)C3)cc2F)C(=O)N1. The van der Waals surface area contributed by atoms with Crippen molar-refractivity contribution >= 4 is 35.2 Å². The maximum Gasteiger partial charge on any atom is 0.573 e. The highest BCUT2D eigenvalue weighted by Crippen LogP contribution is 2.33. The number of rotatable bonds is 7. The predicted octanol–water partition coefficient (Wildman–Crippen LogP) is 3.95. The summed E-state index contributed by atoms with van der Waals surface area (Å²) in [5, 5.41) is 5.08. The van der Waals surface area contributed by atoms with Gasteiger partial charge in [-0.05, 0) is 36.2 Å². The molecule has 2 aromatic rings. The van der Waals surface area contributed by atoms with Crippen LogP contribution >= 0.6 is 12.2 Å². The topological polar surface area (TPSA) is 79.9 Å². The molecule has 2 fully saturated rings. The Balaban J connectivity index is 0.000000233. The molecule has 0 radical (unpaired) electrons. The van der Waals surface area contributed by atoms with Gasteiger partial charge in [-0.1, -0.05) is 24.4 Å². The van der Waals surface area contributed by atoms with E-state index in [1.807, 2.05) is 4.90 Å². The van der Waals surface area contributed by atoms with Gasteiger partial charge in [-0.2, -0.15) is 0 Å². The third-order valence-corrected chi connectivity index (χ3v) is 5.81. The fourth-order valence-electron chi connectivity index (χ4n) is 3.90. The molecule has 200 valence electrons. The molecule has 2 N–H and O–H groups in total. The molecule has 0 aliphatic carbocycles. The molecule has 1 atom stereocenters. The molecule has 2 heterocycles. The number of benzene rings is 2. The van der Waals surface area contributed by atoms with Crippen molar-refractivity contribution < 1.29 is 41.0 Å². The number of carbonyl (C=O) groups excluding carboxylic acids is 2. The summed E-state index contributed by atoms with van der Waals surface area (Å²) in [5.41, 5.74) is 2.38. The third kappa shape index (κ3) is 7.83. The van der Waals surface area contributed by atoms with Crippen LogP contribution in [0.5, 0.6) is 5.75 Å². The van der Waals surface area contributed by atoms with Crippen molar-refractivity contribution in [3.8, 4) is 5.75 Å². The molecule has 0 aromatic heterocycles. The summed E-state index contributed by atoms with van der Waals surface area (Å²) in [6, 6.07) is 8.18. The summed E-state index contributed by atoms with van der Waals surface area (Å²) >= 11 is 4.70. The van der Waals surface area contributed by atoms with Gasteiger partial charge in [-0.3, -0.25) is 14.9 Å². The first-order valence-electron chi connectivity index (χ1n) is 11.1. The minimum Gasteiger partial charge on any atom is -0.406 e. The summed E-state index contributed by atoms with van der Waals surface area (Å²) in [4.78, 5) is 24.8. The molecule has 1 unspecified atom stereocenters. The average Bonchev–Trinajstić information content (AvgIpc) is 2.78. The summed E-state index contributed by atoms with van der Waals surface area (Å²) < 4.78 is 72.5. The molecule has 2 aliphatic heterocycles. The summed E-state index contributed by atoms with van der Waals surface area (Å²) in [5.74, 6) is -3.79. The van der Waals surface area contributed by atoms with Crippen LogP contribution < -0.4 is 20.3 Å². The zero-order chi connectivity index (χ0) is 27.2. The van der Waals surface area contributed by atoms with Gasteiger partial charge >= 0.3 is 6.36 Å². The number of hydrogen-bond donors (Lipinski definition) is 2. The second-order valence-corrected chi connectivity index (χ2v) is 8.57. The molecule has 4 rings (SSSR count). The Labute approximate surface area is 214 Å². The Morgan fingerprint density at radius 3 is 2.27 bits per heavy atom. The second-order valence-electron chi connectivity index (χ2n) is 8.34. The number of thiocarbonyl (C=S) groups is 1. The van der Waals surface area contributed by atoms with E-state index in [9.17, 15) is 31.5 Å². The molecule has 0 bridgehead atoms. The number of halogens is 5. The number of imide groups is 1. The smallest absolute Gasteiger partial charge is 0.406 e. The first-order valence-corrected chi connectivity index (χ1v) is 11.6. The number of alkyl halides is 3. The highest BCUT2D eigenvalue weighted by molar-refractivity contribution is 7.78. The number of carbonyl (C=O) groups is 2. The average molecular weight is 546 g/mol. The van der Waals surface area contributed by atoms with E-state index < -0.39 is 35.7 Å². The van der Waals surface area contributed by atoms with E-state index in [0.29, 0.717) is 25.4 Å². The van der Waals surface area contributed by atoms with Gasteiger partial charge < -0.3 is 19.7 Å². The Bertz CT molecular complexity index is 1100. The molecule has 0 saturated carbocycles. The van der Waals surface area contributed by atoms with Crippen LogP contribution in [0.15, 0.2) is 36.4 Å². The van der Waals surface area contributed by atoms with Gasteiger partial charge in [-0.25, -0.2) is 8.78 Å². The van der Waals surface area contributed by atoms with E-state index >= 15 is 0 Å². The van der Waals surface area contributed by atoms with Crippen molar-refractivity contribution in [1.82, 2.24) is 10.6 Å². The Morgan fingerprint density at radius 2 is 1.76 bits per heavy atom. The first kappa shape index (κ1) is 28.3. The van der Waals surface area contributed by atoms with Crippen molar-refractivity contribution in [3.63, 3.8) is 0 Å². The summed E-state index contributed by atoms with van der Waals surface area (Å²) in [6.07, 6.45) is -4.45. The molecule has 37 heavy (non-hydrogen) atoms. The predicted molar refractivity (Wildman–Crippen MR) is 128 cm³/mol. The summed E-state index contributed by atoms with van der Waals surface area (Å²) in [6.45, 7) is 1.57. The van der Waals surface area contributed by atoms with Gasteiger partial charge in [-0.15, -0.1) is 13.2 Å².